The van der Waals surface area contributed by atoms with Crippen molar-refractivity contribution in [2.75, 3.05) is 0 Å². The van der Waals surface area contributed by atoms with Gasteiger partial charge in [-0.05, 0) is 17.7 Å². The second-order valence-electron chi connectivity index (χ2n) is 2.78. The fourth-order valence-electron chi connectivity index (χ4n) is 0.971. The first-order chi connectivity index (χ1) is 6.91. The summed E-state index contributed by atoms with van der Waals surface area (Å²) in [5.41, 5.74) is -0.223. The van der Waals surface area contributed by atoms with E-state index in [1.807, 2.05) is 0 Å². The monoisotopic (exact) mass is 218 g/mol. The minimum Gasteiger partial charge on any atom is -0.475 e. The van der Waals surface area contributed by atoms with Crippen LogP contribution in [0.4, 0.5) is 13.2 Å². The SMILES string of the molecule is O=C(O)C(=O)Cc1cc(F)c(F)c(F)c1. The van der Waals surface area contributed by atoms with Gasteiger partial charge in [0.1, 0.15) is 0 Å². The van der Waals surface area contributed by atoms with E-state index in [0.717, 1.165) is 0 Å². The topological polar surface area (TPSA) is 54.4 Å². The van der Waals surface area contributed by atoms with Crippen LogP contribution in [0.15, 0.2) is 12.1 Å². The maximum absolute atomic E-state index is 12.6. The number of carbonyl (C=O) groups excluding carboxylic acids is 1. The van der Waals surface area contributed by atoms with Crippen molar-refractivity contribution in [1.82, 2.24) is 0 Å². The third-order valence-corrected chi connectivity index (χ3v) is 1.65. The molecule has 1 aromatic carbocycles. The summed E-state index contributed by atoms with van der Waals surface area (Å²) in [6, 6.07) is 1.17. The molecule has 0 aliphatic rings. The highest BCUT2D eigenvalue weighted by Gasteiger charge is 2.16. The molecule has 1 rings (SSSR count). The molecule has 0 atom stereocenters. The number of carboxylic acids is 1. The fraction of sp³-hybridized carbons (Fsp3) is 0.111. The summed E-state index contributed by atoms with van der Waals surface area (Å²) in [5, 5.41) is 8.23. The summed E-state index contributed by atoms with van der Waals surface area (Å²) in [4.78, 5) is 20.8. The largest absolute Gasteiger partial charge is 0.475 e. The molecule has 0 amide bonds. The van der Waals surface area contributed by atoms with Crippen LogP contribution < -0.4 is 0 Å². The number of carboxylic acid groups (broad SMARTS) is 1. The summed E-state index contributed by atoms with van der Waals surface area (Å²) in [6.07, 6.45) is -0.677. The lowest BCUT2D eigenvalue weighted by Crippen LogP contribution is -2.15. The van der Waals surface area contributed by atoms with Gasteiger partial charge in [0.25, 0.3) is 0 Å². The van der Waals surface area contributed by atoms with Gasteiger partial charge in [0.15, 0.2) is 17.5 Å². The Labute approximate surface area is 82.1 Å². The van der Waals surface area contributed by atoms with Gasteiger partial charge in [-0.25, -0.2) is 18.0 Å². The average Bonchev–Trinajstić information content (AvgIpc) is 2.13. The van der Waals surface area contributed by atoms with E-state index in [1.54, 1.807) is 0 Å². The number of carbonyl (C=O) groups is 2. The Kier molecular flexibility index (Phi) is 3.08. The number of aliphatic carboxylic acids is 1. The Hall–Kier alpha value is -1.85. The molecule has 0 bridgehead atoms. The van der Waals surface area contributed by atoms with E-state index in [1.165, 1.54) is 0 Å². The number of Topliss-reactive ketones (excluding diaryl/α,β-unsaturated/α-hetero) is 1. The number of halogens is 3. The van der Waals surface area contributed by atoms with Crippen molar-refractivity contribution in [3.05, 3.63) is 35.1 Å². The fourth-order valence-corrected chi connectivity index (χ4v) is 0.971. The minimum atomic E-state index is -1.71. The molecule has 0 fully saturated rings. The standard InChI is InChI=1S/C9H5F3O3/c10-5-1-4(2-6(11)8(5)12)3-7(13)9(14)15/h1-2H,3H2,(H,14,15). The smallest absolute Gasteiger partial charge is 0.372 e. The Balaban J connectivity index is 2.98. The lowest BCUT2D eigenvalue weighted by molar-refractivity contribution is -0.148. The third-order valence-electron chi connectivity index (χ3n) is 1.65. The van der Waals surface area contributed by atoms with Crippen LogP contribution in [0.2, 0.25) is 0 Å². The maximum Gasteiger partial charge on any atom is 0.372 e. The van der Waals surface area contributed by atoms with Crippen molar-refractivity contribution in [2.45, 2.75) is 6.42 Å². The molecule has 15 heavy (non-hydrogen) atoms. The molecule has 0 aliphatic carbocycles. The van der Waals surface area contributed by atoms with E-state index in [0.29, 0.717) is 12.1 Å². The second-order valence-corrected chi connectivity index (χ2v) is 2.78. The first kappa shape index (κ1) is 11.2. The van der Waals surface area contributed by atoms with Gasteiger partial charge in [-0.3, -0.25) is 4.79 Å². The van der Waals surface area contributed by atoms with E-state index in [4.69, 9.17) is 5.11 Å². The zero-order valence-electron chi connectivity index (χ0n) is 7.26. The predicted octanol–water partition coefficient (Wildman–Crippen LogP) is 1.30. The molecule has 3 nitrogen and oxygen atoms in total. The zero-order chi connectivity index (χ0) is 11.6. The van der Waals surface area contributed by atoms with E-state index < -0.39 is 35.6 Å². The van der Waals surface area contributed by atoms with Gasteiger partial charge in [-0.2, -0.15) is 0 Å². The zero-order valence-corrected chi connectivity index (χ0v) is 7.26. The highest BCUT2D eigenvalue weighted by molar-refractivity contribution is 6.33. The first-order valence-electron chi connectivity index (χ1n) is 3.81. The quantitative estimate of drug-likeness (QED) is 0.614. The molecule has 0 spiro atoms. The highest BCUT2D eigenvalue weighted by atomic mass is 19.2. The Morgan fingerprint density at radius 3 is 2.00 bits per heavy atom. The molecular weight excluding hydrogens is 213 g/mol. The van der Waals surface area contributed by atoms with E-state index >= 15 is 0 Å². The van der Waals surface area contributed by atoms with Crippen LogP contribution >= 0.6 is 0 Å². The molecule has 80 valence electrons. The van der Waals surface area contributed by atoms with Gasteiger partial charge in [0.2, 0.25) is 5.78 Å². The number of benzene rings is 1. The summed E-state index contributed by atoms with van der Waals surface area (Å²) >= 11 is 0. The van der Waals surface area contributed by atoms with Gasteiger partial charge < -0.3 is 5.11 Å². The third kappa shape index (κ3) is 2.55. The van der Waals surface area contributed by atoms with E-state index in [2.05, 4.69) is 0 Å². The maximum atomic E-state index is 12.6. The molecule has 0 saturated carbocycles. The van der Waals surface area contributed by atoms with Gasteiger partial charge in [0, 0.05) is 6.42 Å². The predicted molar refractivity (Wildman–Crippen MR) is 42.7 cm³/mol. The van der Waals surface area contributed by atoms with Gasteiger partial charge in [-0.1, -0.05) is 0 Å². The number of rotatable bonds is 3. The summed E-state index contributed by atoms with van der Waals surface area (Å²) in [6.45, 7) is 0. The lowest BCUT2D eigenvalue weighted by Gasteiger charge is -2.00. The Morgan fingerprint density at radius 2 is 1.60 bits per heavy atom. The van der Waals surface area contributed by atoms with Crippen molar-refractivity contribution in [3.63, 3.8) is 0 Å². The molecule has 0 aromatic heterocycles. The van der Waals surface area contributed by atoms with Crippen molar-refractivity contribution < 1.29 is 27.9 Å². The van der Waals surface area contributed by atoms with Crippen molar-refractivity contribution >= 4 is 11.8 Å². The summed E-state index contributed by atoms with van der Waals surface area (Å²) in [7, 11) is 0. The molecule has 0 unspecified atom stereocenters. The number of hydrogen-bond donors (Lipinski definition) is 1. The van der Waals surface area contributed by atoms with Crippen LogP contribution in [0.1, 0.15) is 5.56 Å². The van der Waals surface area contributed by atoms with Gasteiger partial charge in [-0.15, -0.1) is 0 Å². The molecule has 0 heterocycles. The molecule has 0 saturated heterocycles. The highest BCUT2D eigenvalue weighted by Crippen LogP contribution is 2.14. The summed E-state index contributed by atoms with van der Waals surface area (Å²) in [5.74, 6) is -7.49. The van der Waals surface area contributed by atoms with Gasteiger partial charge in [0.05, 0.1) is 0 Å². The molecule has 1 aromatic rings. The summed E-state index contributed by atoms with van der Waals surface area (Å²) < 4.78 is 37.7. The van der Waals surface area contributed by atoms with Crippen LogP contribution in [-0.4, -0.2) is 16.9 Å². The normalized spacial score (nSPS) is 10.1. The molecular formula is C9H5F3O3. The molecule has 0 radical (unpaired) electrons. The van der Waals surface area contributed by atoms with Crippen LogP contribution in [0.3, 0.4) is 0 Å². The van der Waals surface area contributed by atoms with Crippen LogP contribution in [-0.2, 0) is 16.0 Å². The minimum absolute atomic E-state index is 0.223. The van der Waals surface area contributed by atoms with Crippen LogP contribution in [0.25, 0.3) is 0 Å². The van der Waals surface area contributed by atoms with Crippen molar-refractivity contribution in [2.24, 2.45) is 0 Å². The van der Waals surface area contributed by atoms with E-state index in [9.17, 15) is 22.8 Å². The molecule has 6 heteroatoms. The average molecular weight is 218 g/mol. The van der Waals surface area contributed by atoms with Crippen LogP contribution in [0.5, 0.6) is 0 Å². The lowest BCUT2D eigenvalue weighted by atomic mass is 10.1. The van der Waals surface area contributed by atoms with Gasteiger partial charge >= 0.3 is 5.97 Å². The Morgan fingerprint density at radius 1 is 1.13 bits per heavy atom. The number of ketones is 1. The second kappa shape index (κ2) is 4.12. The van der Waals surface area contributed by atoms with Crippen molar-refractivity contribution in [3.8, 4) is 0 Å². The van der Waals surface area contributed by atoms with Crippen LogP contribution in [0, 0.1) is 17.5 Å². The number of hydrogen-bond acceptors (Lipinski definition) is 2. The molecule has 1 N–H and O–H groups in total. The van der Waals surface area contributed by atoms with E-state index in [-0.39, 0.29) is 5.56 Å². The molecule has 0 aliphatic heterocycles. The van der Waals surface area contributed by atoms with Crippen molar-refractivity contribution in [1.29, 1.82) is 0 Å². The Bertz CT molecular complexity index is 406. The first-order valence-corrected chi connectivity index (χ1v) is 3.81.